The maximum Gasteiger partial charge on any atom is 0.409 e. The van der Waals surface area contributed by atoms with Gasteiger partial charge < -0.3 is 14.8 Å². The van der Waals surface area contributed by atoms with E-state index in [1.54, 1.807) is 19.1 Å². The molecule has 1 atom stereocenters. The van der Waals surface area contributed by atoms with Gasteiger partial charge in [0.25, 0.3) is 0 Å². The number of methoxy groups -OCH3 is 1. The fraction of sp³-hybridized carbons (Fsp3) is 0.417. The molecule has 0 heterocycles. The van der Waals surface area contributed by atoms with Crippen LogP contribution >= 0.6 is 0 Å². The van der Waals surface area contributed by atoms with E-state index in [1.807, 2.05) is 0 Å². The Morgan fingerprint density at radius 3 is 2.59 bits per heavy atom. The lowest BCUT2D eigenvalue weighted by Gasteiger charge is -2.31. The maximum absolute atomic E-state index is 13.7. The van der Waals surface area contributed by atoms with Crippen molar-refractivity contribution in [3.05, 3.63) is 35.6 Å². The lowest BCUT2D eigenvalue weighted by molar-refractivity contribution is -0.196. The fourth-order valence-electron chi connectivity index (χ4n) is 1.58. The molecule has 0 aliphatic rings. The fourth-order valence-corrected chi connectivity index (χ4v) is 1.58. The van der Waals surface area contributed by atoms with Crippen molar-refractivity contribution in [2.75, 3.05) is 14.2 Å². The third-order valence-electron chi connectivity index (χ3n) is 2.54. The highest BCUT2D eigenvalue weighted by Crippen LogP contribution is 2.32. The molecular weight excluding hydrogens is 225 g/mol. The number of hydrogen-bond acceptors (Lipinski definition) is 3. The van der Waals surface area contributed by atoms with Gasteiger partial charge in [-0.15, -0.1) is 0 Å². The summed E-state index contributed by atoms with van der Waals surface area (Å²) < 4.78 is 24.1. The number of amides is 1. The topological polar surface area (TPSA) is 47.6 Å². The zero-order chi connectivity index (χ0) is 12.9. The van der Waals surface area contributed by atoms with E-state index >= 15 is 0 Å². The van der Waals surface area contributed by atoms with Crippen molar-refractivity contribution >= 4 is 6.09 Å². The average molecular weight is 241 g/mol. The van der Waals surface area contributed by atoms with Crippen LogP contribution in [0.5, 0.6) is 0 Å². The quantitative estimate of drug-likeness (QED) is 0.823. The molecule has 0 radical (unpaired) electrons. The summed E-state index contributed by atoms with van der Waals surface area (Å²) in [7, 11) is 2.80. The van der Waals surface area contributed by atoms with E-state index < -0.39 is 17.7 Å². The van der Waals surface area contributed by atoms with Crippen LogP contribution in [0.2, 0.25) is 0 Å². The molecule has 5 heteroatoms. The second kappa shape index (κ2) is 5.63. The Balaban J connectivity index is 3.15. The van der Waals surface area contributed by atoms with Gasteiger partial charge in [0.2, 0.25) is 5.79 Å². The summed E-state index contributed by atoms with van der Waals surface area (Å²) in [5, 5.41) is 2.31. The molecule has 0 aliphatic heterocycles. The van der Waals surface area contributed by atoms with Crippen LogP contribution in [0, 0.1) is 5.82 Å². The van der Waals surface area contributed by atoms with Gasteiger partial charge in [-0.1, -0.05) is 19.1 Å². The standard InChI is InChI=1S/C12H16FNO3/c1-4-12(16-3,17-11(15)14-2)9-7-5-6-8-10(9)13/h5-8H,4H2,1-3H3,(H,14,15)/t12-/m0/s1. The summed E-state index contributed by atoms with van der Waals surface area (Å²) >= 11 is 0. The molecule has 0 bridgehead atoms. The molecule has 0 unspecified atom stereocenters. The van der Waals surface area contributed by atoms with Gasteiger partial charge in [-0.2, -0.15) is 0 Å². The molecule has 4 nitrogen and oxygen atoms in total. The third-order valence-corrected chi connectivity index (χ3v) is 2.54. The maximum atomic E-state index is 13.7. The average Bonchev–Trinajstić information content (AvgIpc) is 2.36. The second-order valence-corrected chi connectivity index (χ2v) is 3.43. The second-order valence-electron chi connectivity index (χ2n) is 3.43. The van der Waals surface area contributed by atoms with E-state index in [0.717, 1.165) is 0 Å². The summed E-state index contributed by atoms with van der Waals surface area (Å²) in [6, 6.07) is 6.06. The summed E-state index contributed by atoms with van der Waals surface area (Å²) in [5.41, 5.74) is 0.202. The molecular formula is C12H16FNO3. The zero-order valence-corrected chi connectivity index (χ0v) is 10.1. The summed E-state index contributed by atoms with van der Waals surface area (Å²) in [5.74, 6) is -1.87. The molecule has 1 rings (SSSR count). The van der Waals surface area contributed by atoms with Gasteiger partial charge >= 0.3 is 6.09 Å². The highest BCUT2D eigenvalue weighted by atomic mass is 19.1. The number of benzene rings is 1. The number of carbonyl (C=O) groups is 1. The number of carbonyl (C=O) groups excluding carboxylic acids is 1. The molecule has 1 amide bonds. The first-order valence-corrected chi connectivity index (χ1v) is 5.30. The minimum atomic E-state index is -1.40. The smallest absolute Gasteiger partial charge is 0.409 e. The van der Waals surface area contributed by atoms with Gasteiger partial charge in [0, 0.05) is 20.6 Å². The Kier molecular flexibility index (Phi) is 4.45. The largest absolute Gasteiger partial charge is 0.412 e. The minimum Gasteiger partial charge on any atom is -0.412 e. The Hall–Kier alpha value is -1.62. The van der Waals surface area contributed by atoms with Crippen molar-refractivity contribution in [3.8, 4) is 0 Å². The predicted octanol–water partition coefficient (Wildman–Crippen LogP) is 2.39. The monoisotopic (exact) mass is 241 g/mol. The predicted molar refractivity (Wildman–Crippen MR) is 60.9 cm³/mol. The molecule has 17 heavy (non-hydrogen) atoms. The molecule has 0 aromatic heterocycles. The SMILES string of the molecule is CC[C@](OC)(OC(=O)NC)c1ccccc1F. The van der Waals surface area contributed by atoms with Crippen molar-refractivity contribution in [2.45, 2.75) is 19.1 Å². The summed E-state index contributed by atoms with van der Waals surface area (Å²) in [6.07, 6.45) is -0.366. The van der Waals surface area contributed by atoms with E-state index in [4.69, 9.17) is 9.47 Å². The molecule has 0 saturated carbocycles. The summed E-state index contributed by atoms with van der Waals surface area (Å²) in [4.78, 5) is 11.3. The lowest BCUT2D eigenvalue weighted by atomic mass is 10.0. The normalized spacial score (nSPS) is 13.9. The first kappa shape index (κ1) is 13.4. The van der Waals surface area contributed by atoms with Crippen LogP contribution in [0.25, 0.3) is 0 Å². The van der Waals surface area contributed by atoms with E-state index in [2.05, 4.69) is 5.32 Å². The number of ether oxygens (including phenoxy) is 2. The van der Waals surface area contributed by atoms with Gasteiger partial charge in [-0.3, -0.25) is 0 Å². The summed E-state index contributed by atoms with van der Waals surface area (Å²) in [6.45, 7) is 1.75. The van der Waals surface area contributed by atoms with E-state index in [-0.39, 0.29) is 5.56 Å². The highest BCUT2D eigenvalue weighted by molar-refractivity contribution is 5.67. The first-order chi connectivity index (χ1) is 8.09. The van der Waals surface area contributed by atoms with Crippen molar-refractivity contribution in [1.82, 2.24) is 5.32 Å². The number of halogens is 1. The molecule has 1 aromatic carbocycles. The zero-order valence-electron chi connectivity index (χ0n) is 10.1. The van der Waals surface area contributed by atoms with Crippen LogP contribution in [-0.4, -0.2) is 20.3 Å². The molecule has 0 saturated heterocycles. The number of alkyl carbamates (subject to hydrolysis) is 1. The minimum absolute atomic E-state index is 0.202. The van der Waals surface area contributed by atoms with Crippen LogP contribution < -0.4 is 5.32 Å². The number of rotatable bonds is 4. The number of hydrogen-bond donors (Lipinski definition) is 1. The van der Waals surface area contributed by atoms with Crippen molar-refractivity contribution in [3.63, 3.8) is 0 Å². The molecule has 0 fully saturated rings. The van der Waals surface area contributed by atoms with Gasteiger partial charge in [0.1, 0.15) is 5.82 Å². The Morgan fingerprint density at radius 2 is 2.12 bits per heavy atom. The number of nitrogens with one attached hydrogen (secondary N) is 1. The van der Waals surface area contributed by atoms with Crippen LogP contribution in [0.15, 0.2) is 24.3 Å². The van der Waals surface area contributed by atoms with Crippen molar-refractivity contribution in [1.29, 1.82) is 0 Å². The molecule has 0 spiro atoms. The van der Waals surface area contributed by atoms with E-state index in [0.29, 0.717) is 6.42 Å². The Labute approximate surface area is 99.7 Å². The van der Waals surface area contributed by atoms with Gasteiger partial charge in [-0.05, 0) is 12.1 Å². The Morgan fingerprint density at radius 1 is 1.47 bits per heavy atom. The van der Waals surface area contributed by atoms with Crippen LogP contribution in [0.3, 0.4) is 0 Å². The van der Waals surface area contributed by atoms with Gasteiger partial charge in [-0.25, -0.2) is 9.18 Å². The van der Waals surface area contributed by atoms with Crippen molar-refractivity contribution < 1.29 is 18.7 Å². The van der Waals surface area contributed by atoms with Gasteiger partial charge in [0.05, 0.1) is 5.56 Å². The van der Waals surface area contributed by atoms with Crippen LogP contribution in [0.4, 0.5) is 9.18 Å². The third kappa shape index (κ3) is 2.74. The highest BCUT2D eigenvalue weighted by Gasteiger charge is 2.37. The van der Waals surface area contributed by atoms with Crippen LogP contribution in [0.1, 0.15) is 18.9 Å². The molecule has 94 valence electrons. The molecule has 1 N–H and O–H groups in total. The van der Waals surface area contributed by atoms with Gasteiger partial charge in [0.15, 0.2) is 0 Å². The molecule has 0 aliphatic carbocycles. The molecule has 1 aromatic rings. The Bertz CT molecular complexity index is 391. The van der Waals surface area contributed by atoms with Crippen molar-refractivity contribution in [2.24, 2.45) is 0 Å². The lowest BCUT2D eigenvalue weighted by Crippen LogP contribution is -2.38. The van der Waals surface area contributed by atoms with E-state index in [1.165, 1.54) is 26.3 Å². The van der Waals surface area contributed by atoms with Crippen LogP contribution in [-0.2, 0) is 15.3 Å². The van der Waals surface area contributed by atoms with E-state index in [9.17, 15) is 9.18 Å². The first-order valence-electron chi connectivity index (χ1n) is 5.30.